The van der Waals surface area contributed by atoms with Gasteiger partial charge in [-0.1, -0.05) is 15.9 Å². The fourth-order valence-corrected chi connectivity index (χ4v) is 1.83. The maximum Gasteiger partial charge on any atom is 0.219 e. The molecule has 0 spiro atoms. The van der Waals surface area contributed by atoms with Gasteiger partial charge in [-0.05, 0) is 30.7 Å². The molecular weight excluding hydrogens is 320 g/mol. The second-order valence-electron chi connectivity index (χ2n) is 3.91. The molecule has 0 bridgehead atoms. The summed E-state index contributed by atoms with van der Waals surface area (Å²) in [6.07, 6.45) is 0.758. The second-order valence-corrected chi connectivity index (χ2v) is 4.82. The molecule has 6 heteroatoms. The maximum absolute atomic E-state index is 13.5. The molecule has 1 aromatic carbocycles. The van der Waals surface area contributed by atoms with Crippen molar-refractivity contribution in [1.82, 2.24) is 4.98 Å². The van der Waals surface area contributed by atoms with E-state index in [0.29, 0.717) is 10.0 Å². The predicted octanol–water partition coefficient (Wildman–Crippen LogP) is 3.97. The van der Waals surface area contributed by atoms with Gasteiger partial charge in [0.15, 0.2) is 11.6 Å². The zero-order valence-corrected chi connectivity index (χ0v) is 11.5. The van der Waals surface area contributed by atoms with E-state index < -0.39 is 17.7 Å². The van der Waals surface area contributed by atoms with Gasteiger partial charge in [-0.15, -0.1) is 0 Å². The summed E-state index contributed by atoms with van der Waals surface area (Å²) in [5, 5.41) is 9.32. The average Bonchev–Trinajstić information content (AvgIpc) is 2.36. The van der Waals surface area contributed by atoms with Crippen LogP contribution in [0.2, 0.25) is 0 Å². The van der Waals surface area contributed by atoms with Crippen molar-refractivity contribution in [3.05, 3.63) is 52.1 Å². The minimum absolute atomic E-state index is 0.112. The quantitative estimate of drug-likeness (QED) is 0.866. The Balaban J connectivity index is 2.26. The summed E-state index contributed by atoms with van der Waals surface area (Å²) >= 11 is 3.05. The van der Waals surface area contributed by atoms with Crippen molar-refractivity contribution < 1.29 is 18.6 Å². The number of hydrogen-bond donors (Lipinski definition) is 1. The number of benzene rings is 1. The smallest absolute Gasteiger partial charge is 0.219 e. The van der Waals surface area contributed by atoms with Crippen LogP contribution >= 0.6 is 15.9 Å². The lowest BCUT2D eigenvalue weighted by Gasteiger charge is -2.08. The van der Waals surface area contributed by atoms with Crippen LogP contribution in [0.25, 0.3) is 0 Å². The van der Waals surface area contributed by atoms with Crippen LogP contribution < -0.4 is 4.74 Å². The number of rotatable bonds is 3. The van der Waals surface area contributed by atoms with E-state index in [9.17, 15) is 13.9 Å². The van der Waals surface area contributed by atoms with Crippen LogP contribution in [0.5, 0.6) is 11.6 Å². The van der Waals surface area contributed by atoms with Gasteiger partial charge in [0.1, 0.15) is 0 Å². The zero-order chi connectivity index (χ0) is 14.0. The minimum atomic E-state index is -1.08. The predicted molar refractivity (Wildman–Crippen MR) is 69.0 cm³/mol. The molecule has 0 radical (unpaired) electrons. The van der Waals surface area contributed by atoms with Gasteiger partial charge in [-0.2, -0.15) is 4.39 Å². The van der Waals surface area contributed by atoms with Crippen molar-refractivity contribution in [1.29, 1.82) is 0 Å². The fourth-order valence-electron chi connectivity index (χ4n) is 1.42. The van der Waals surface area contributed by atoms with Crippen LogP contribution in [0.15, 0.2) is 34.9 Å². The number of aliphatic hydroxyl groups excluding tert-OH is 1. The summed E-state index contributed by atoms with van der Waals surface area (Å²) in [6.45, 7) is 1.60. The number of hydrogen-bond acceptors (Lipinski definition) is 3. The maximum atomic E-state index is 13.5. The molecule has 19 heavy (non-hydrogen) atoms. The molecule has 1 N–H and O–H groups in total. The molecule has 0 aliphatic heterocycles. The summed E-state index contributed by atoms with van der Waals surface area (Å²) in [4.78, 5) is 3.91. The van der Waals surface area contributed by atoms with Gasteiger partial charge < -0.3 is 9.84 Å². The number of pyridine rings is 1. The average molecular weight is 330 g/mol. The Morgan fingerprint density at radius 2 is 2.05 bits per heavy atom. The van der Waals surface area contributed by atoms with E-state index in [1.807, 2.05) is 0 Å². The SMILES string of the molecule is C[C@@H](O)c1ccc(Oc2cc(Br)cc(F)c2F)nc1. The second kappa shape index (κ2) is 5.63. The summed E-state index contributed by atoms with van der Waals surface area (Å²) < 4.78 is 32.2. The lowest BCUT2D eigenvalue weighted by atomic mass is 10.2. The number of nitrogens with zero attached hydrogens (tertiary/aromatic N) is 1. The lowest BCUT2D eigenvalue weighted by Crippen LogP contribution is -1.96. The number of ether oxygens (including phenoxy) is 1. The number of halogens is 3. The van der Waals surface area contributed by atoms with Gasteiger partial charge in [0.25, 0.3) is 0 Å². The van der Waals surface area contributed by atoms with Crippen LogP contribution in [-0.2, 0) is 0 Å². The van der Waals surface area contributed by atoms with Gasteiger partial charge in [-0.3, -0.25) is 0 Å². The highest BCUT2D eigenvalue weighted by Crippen LogP contribution is 2.29. The van der Waals surface area contributed by atoms with Crippen LogP contribution in [0.1, 0.15) is 18.6 Å². The summed E-state index contributed by atoms with van der Waals surface area (Å²) in [6, 6.07) is 5.38. The van der Waals surface area contributed by atoms with E-state index in [0.717, 1.165) is 6.07 Å². The Morgan fingerprint density at radius 1 is 1.32 bits per heavy atom. The summed E-state index contributed by atoms with van der Waals surface area (Å²) in [5.41, 5.74) is 0.605. The molecule has 2 rings (SSSR count). The topological polar surface area (TPSA) is 42.4 Å². The monoisotopic (exact) mass is 329 g/mol. The molecule has 0 saturated carbocycles. The fraction of sp³-hybridized carbons (Fsp3) is 0.154. The van der Waals surface area contributed by atoms with Crippen LogP contribution in [0.4, 0.5) is 8.78 Å². The highest BCUT2D eigenvalue weighted by molar-refractivity contribution is 9.10. The van der Waals surface area contributed by atoms with E-state index in [4.69, 9.17) is 4.74 Å². The van der Waals surface area contributed by atoms with Gasteiger partial charge in [0, 0.05) is 16.7 Å². The van der Waals surface area contributed by atoms with E-state index in [1.165, 1.54) is 18.3 Å². The summed E-state index contributed by atoms with van der Waals surface area (Å²) in [5.74, 6) is -2.24. The molecule has 1 atom stereocenters. The van der Waals surface area contributed by atoms with E-state index in [1.54, 1.807) is 13.0 Å². The molecule has 3 nitrogen and oxygen atoms in total. The van der Waals surface area contributed by atoms with Crippen LogP contribution in [-0.4, -0.2) is 10.1 Å². The van der Waals surface area contributed by atoms with Crippen LogP contribution in [0, 0.1) is 11.6 Å². The third-order valence-electron chi connectivity index (χ3n) is 2.42. The molecule has 0 amide bonds. The Hall–Kier alpha value is -1.53. The molecule has 100 valence electrons. The first kappa shape index (κ1) is 13.9. The van der Waals surface area contributed by atoms with Crippen LogP contribution in [0.3, 0.4) is 0 Å². The Labute approximate surface area is 117 Å². The third-order valence-corrected chi connectivity index (χ3v) is 2.87. The Morgan fingerprint density at radius 3 is 2.63 bits per heavy atom. The van der Waals surface area contributed by atoms with Gasteiger partial charge in [0.2, 0.25) is 11.7 Å². The standard InChI is InChI=1S/C13H10BrF2NO2/c1-7(18)8-2-3-12(17-6-8)19-11-5-9(14)4-10(15)13(11)16/h2-7,18H,1H3/t7-/m1/s1. The molecule has 2 aromatic rings. The van der Waals surface area contributed by atoms with Gasteiger partial charge in [0.05, 0.1) is 6.10 Å². The van der Waals surface area contributed by atoms with Gasteiger partial charge >= 0.3 is 0 Å². The van der Waals surface area contributed by atoms with Crippen molar-refractivity contribution >= 4 is 15.9 Å². The summed E-state index contributed by atoms with van der Waals surface area (Å²) in [7, 11) is 0. The first-order valence-electron chi connectivity index (χ1n) is 5.44. The van der Waals surface area contributed by atoms with Crippen molar-refractivity contribution in [3.63, 3.8) is 0 Å². The largest absolute Gasteiger partial charge is 0.436 e. The molecule has 0 saturated heterocycles. The van der Waals surface area contributed by atoms with Crippen molar-refractivity contribution in [2.24, 2.45) is 0 Å². The molecule has 0 aliphatic rings. The normalized spacial score (nSPS) is 12.3. The highest BCUT2D eigenvalue weighted by atomic mass is 79.9. The molecule has 0 aliphatic carbocycles. The van der Waals surface area contributed by atoms with E-state index >= 15 is 0 Å². The van der Waals surface area contributed by atoms with Crippen molar-refractivity contribution in [2.45, 2.75) is 13.0 Å². The highest BCUT2D eigenvalue weighted by Gasteiger charge is 2.13. The zero-order valence-electron chi connectivity index (χ0n) is 9.90. The van der Waals surface area contributed by atoms with E-state index in [-0.39, 0.29) is 11.6 Å². The molecule has 1 aromatic heterocycles. The number of aliphatic hydroxyl groups is 1. The Kier molecular flexibility index (Phi) is 4.11. The first-order chi connectivity index (χ1) is 8.97. The Bertz CT molecular complexity index is 588. The lowest BCUT2D eigenvalue weighted by molar-refractivity contribution is 0.198. The van der Waals surface area contributed by atoms with E-state index in [2.05, 4.69) is 20.9 Å². The number of aromatic nitrogens is 1. The molecule has 0 unspecified atom stereocenters. The molecule has 0 fully saturated rings. The van der Waals surface area contributed by atoms with Crippen molar-refractivity contribution in [2.75, 3.05) is 0 Å². The molecule has 1 heterocycles. The first-order valence-corrected chi connectivity index (χ1v) is 6.23. The third kappa shape index (κ3) is 3.27. The minimum Gasteiger partial charge on any atom is -0.436 e. The van der Waals surface area contributed by atoms with Gasteiger partial charge in [-0.25, -0.2) is 9.37 Å². The molecular formula is C13H10BrF2NO2. The van der Waals surface area contributed by atoms with Crippen molar-refractivity contribution in [3.8, 4) is 11.6 Å².